The monoisotopic (exact) mass is 422 g/mol. The minimum Gasteiger partial charge on any atom is -0.484 e. The van der Waals surface area contributed by atoms with Gasteiger partial charge in [-0.1, -0.05) is 51.5 Å². The molecule has 1 N–H and O–H groups in total. The second-order valence-electron chi connectivity index (χ2n) is 8.59. The number of likely N-dealkylation sites (tertiary alicyclic amines) is 1. The van der Waals surface area contributed by atoms with Crippen LogP contribution in [0.4, 0.5) is 0 Å². The van der Waals surface area contributed by atoms with Crippen molar-refractivity contribution in [2.45, 2.75) is 58.4 Å². The van der Waals surface area contributed by atoms with Crippen molar-refractivity contribution in [3.63, 3.8) is 0 Å². The number of nitrogens with zero attached hydrogens (tertiary/aromatic N) is 1. The Balaban J connectivity index is 1.41. The van der Waals surface area contributed by atoms with E-state index in [1.165, 1.54) is 11.1 Å². The molecule has 31 heavy (non-hydrogen) atoms. The average Bonchev–Trinajstić information content (AvgIpc) is 2.79. The van der Waals surface area contributed by atoms with Crippen molar-refractivity contribution in [3.8, 4) is 5.75 Å². The zero-order valence-corrected chi connectivity index (χ0v) is 18.9. The SMILES string of the molecule is CCCc1ccc(OCC(=O)NC2CCN(C(=O)c3ccc(C(C)C)cc3)CC2)cc1. The molecular formula is C26H34N2O3. The topological polar surface area (TPSA) is 58.6 Å². The van der Waals surface area contributed by atoms with Crippen LogP contribution in [0.3, 0.4) is 0 Å². The van der Waals surface area contributed by atoms with E-state index in [1.807, 2.05) is 53.4 Å². The highest BCUT2D eigenvalue weighted by Gasteiger charge is 2.24. The Morgan fingerprint density at radius 2 is 1.68 bits per heavy atom. The normalized spacial score (nSPS) is 14.5. The molecule has 2 amide bonds. The van der Waals surface area contributed by atoms with Gasteiger partial charge in [0.15, 0.2) is 6.61 Å². The van der Waals surface area contributed by atoms with Crippen LogP contribution in [-0.4, -0.2) is 42.5 Å². The summed E-state index contributed by atoms with van der Waals surface area (Å²) in [6, 6.07) is 15.9. The number of rotatable bonds is 8. The lowest BCUT2D eigenvalue weighted by Gasteiger charge is -2.32. The summed E-state index contributed by atoms with van der Waals surface area (Å²) in [6.45, 7) is 7.74. The Kier molecular flexibility index (Phi) is 8.10. The molecule has 1 aliphatic rings. The molecule has 166 valence electrons. The molecule has 0 radical (unpaired) electrons. The number of carbonyl (C=O) groups excluding carboxylic acids is 2. The van der Waals surface area contributed by atoms with Gasteiger partial charge in [-0.3, -0.25) is 9.59 Å². The first kappa shape index (κ1) is 22.9. The Bertz CT molecular complexity index is 851. The van der Waals surface area contributed by atoms with Crippen LogP contribution >= 0.6 is 0 Å². The van der Waals surface area contributed by atoms with Gasteiger partial charge in [0.05, 0.1) is 0 Å². The quantitative estimate of drug-likeness (QED) is 0.678. The molecule has 1 aliphatic heterocycles. The number of aryl methyl sites for hydroxylation is 1. The molecule has 0 unspecified atom stereocenters. The van der Waals surface area contributed by atoms with Gasteiger partial charge in [-0.15, -0.1) is 0 Å². The molecule has 1 saturated heterocycles. The van der Waals surface area contributed by atoms with Crippen molar-refractivity contribution in [2.75, 3.05) is 19.7 Å². The van der Waals surface area contributed by atoms with E-state index in [9.17, 15) is 9.59 Å². The van der Waals surface area contributed by atoms with Crippen LogP contribution in [0.5, 0.6) is 5.75 Å². The van der Waals surface area contributed by atoms with E-state index in [2.05, 4.69) is 26.1 Å². The molecule has 3 rings (SSSR count). The summed E-state index contributed by atoms with van der Waals surface area (Å²) >= 11 is 0. The van der Waals surface area contributed by atoms with E-state index < -0.39 is 0 Å². The van der Waals surface area contributed by atoms with Gasteiger partial charge < -0.3 is 15.0 Å². The number of ether oxygens (including phenoxy) is 1. The first-order valence-electron chi connectivity index (χ1n) is 11.4. The number of amides is 2. The number of benzene rings is 2. The lowest BCUT2D eigenvalue weighted by Crippen LogP contribution is -2.47. The summed E-state index contributed by atoms with van der Waals surface area (Å²) in [5, 5.41) is 3.04. The van der Waals surface area contributed by atoms with E-state index in [0.29, 0.717) is 24.8 Å². The van der Waals surface area contributed by atoms with Crippen LogP contribution < -0.4 is 10.1 Å². The average molecular weight is 423 g/mol. The van der Waals surface area contributed by atoms with Gasteiger partial charge in [-0.2, -0.15) is 0 Å². The molecule has 5 nitrogen and oxygen atoms in total. The maximum atomic E-state index is 12.8. The molecule has 0 saturated carbocycles. The second-order valence-corrected chi connectivity index (χ2v) is 8.59. The lowest BCUT2D eigenvalue weighted by atomic mass is 10.0. The Morgan fingerprint density at radius 1 is 1.03 bits per heavy atom. The van der Waals surface area contributed by atoms with E-state index in [1.54, 1.807) is 0 Å². The van der Waals surface area contributed by atoms with Crippen molar-refractivity contribution in [2.24, 2.45) is 0 Å². The largest absolute Gasteiger partial charge is 0.484 e. The van der Waals surface area contributed by atoms with Crippen molar-refractivity contribution in [1.29, 1.82) is 0 Å². The van der Waals surface area contributed by atoms with Gasteiger partial charge in [-0.05, 0) is 60.6 Å². The highest BCUT2D eigenvalue weighted by atomic mass is 16.5. The fourth-order valence-electron chi connectivity index (χ4n) is 3.88. The zero-order chi connectivity index (χ0) is 22.2. The van der Waals surface area contributed by atoms with E-state index in [-0.39, 0.29) is 24.5 Å². The molecule has 0 aromatic heterocycles. The fourth-order valence-corrected chi connectivity index (χ4v) is 3.88. The molecule has 2 aromatic carbocycles. The number of carbonyl (C=O) groups is 2. The summed E-state index contributed by atoms with van der Waals surface area (Å²) < 4.78 is 5.61. The number of nitrogens with one attached hydrogen (secondary N) is 1. The molecule has 1 heterocycles. The third-order valence-corrected chi connectivity index (χ3v) is 5.80. The zero-order valence-electron chi connectivity index (χ0n) is 18.9. The van der Waals surface area contributed by atoms with Crippen LogP contribution in [0.1, 0.15) is 67.4 Å². The minimum absolute atomic E-state index is 0.00840. The smallest absolute Gasteiger partial charge is 0.258 e. The summed E-state index contributed by atoms with van der Waals surface area (Å²) in [5.41, 5.74) is 3.24. The maximum Gasteiger partial charge on any atom is 0.258 e. The molecule has 5 heteroatoms. The molecule has 0 spiro atoms. The van der Waals surface area contributed by atoms with E-state index in [0.717, 1.165) is 31.2 Å². The first-order valence-corrected chi connectivity index (χ1v) is 11.4. The Labute approximate surface area is 185 Å². The van der Waals surface area contributed by atoms with Gasteiger partial charge in [-0.25, -0.2) is 0 Å². The van der Waals surface area contributed by atoms with Gasteiger partial charge in [0.1, 0.15) is 5.75 Å². The first-order chi connectivity index (χ1) is 15.0. The standard InChI is InChI=1S/C26H34N2O3/c1-4-5-20-6-12-24(13-7-20)31-18-25(29)27-23-14-16-28(17-15-23)26(30)22-10-8-21(9-11-22)19(2)3/h6-13,19,23H,4-5,14-18H2,1-3H3,(H,27,29). The summed E-state index contributed by atoms with van der Waals surface area (Å²) in [6.07, 6.45) is 3.67. The Morgan fingerprint density at radius 3 is 2.26 bits per heavy atom. The maximum absolute atomic E-state index is 12.8. The predicted molar refractivity (Wildman–Crippen MR) is 124 cm³/mol. The third kappa shape index (κ3) is 6.58. The van der Waals surface area contributed by atoms with Crippen LogP contribution in [0.25, 0.3) is 0 Å². The molecular weight excluding hydrogens is 388 g/mol. The van der Waals surface area contributed by atoms with Gasteiger partial charge in [0.2, 0.25) is 0 Å². The molecule has 0 bridgehead atoms. The van der Waals surface area contributed by atoms with Crippen LogP contribution in [-0.2, 0) is 11.2 Å². The van der Waals surface area contributed by atoms with Crippen molar-refractivity contribution < 1.29 is 14.3 Å². The highest BCUT2D eigenvalue weighted by molar-refractivity contribution is 5.94. The molecule has 0 aliphatic carbocycles. The number of hydrogen-bond acceptors (Lipinski definition) is 3. The lowest BCUT2D eigenvalue weighted by molar-refractivity contribution is -0.124. The van der Waals surface area contributed by atoms with Crippen LogP contribution in [0.2, 0.25) is 0 Å². The number of piperidine rings is 1. The Hall–Kier alpha value is -2.82. The summed E-state index contributed by atoms with van der Waals surface area (Å²) in [4.78, 5) is 26.9. The second kappa shape index (κ2) is 11.0. The van der Waals surface area contributed by atoms with Gasteiger partial charge in [0, 0.05) is 24.7 Å². The molecule has 2 aromatic rings. The summed E-state index contributed by atoms with van der Waals surface area (Å²) in [7, 11) is 0. The van der Waals surface area contributed by atoms with Gasteiger partial charge >= 0.3 is 0 Å². The third-order valence-electron chi connectivity index (χ3n) is 5.80. The van der Waals surface area contributed by atoms with E-state index in [4.69, 9.17) is 4.74 Å². The minimum atomic E-state index is -0.119. The summed E-state index contributed by atoms with van der Waals surface area (Å²) in [5.74, 6) is 1.11. The fraction of sp³-hybridized carbons (Fsp3) is 0.462. The van der Waals surface area contributed by atoms with Crippen LogP contribution in [0.15, 0.2) is 48.5 Å². The van der Waals surface area contributed by atoms with Gasteiger partial charge in [0.25, 0.3) is 11.8 Å². The highest BCUT2D eigenvalue weighted by Crippen LogP contribution is 2.18. The molecule has 1 fully saturated rings. The van der Waals surface area contributed by atoms with Crippen molar-refractivity contribution in [1.82, 2.24) is 10.2 Å². The predicted octanol–water partition coefficient (Wildman–Crippen LogP) is 4.56. The van der Waals surface area contributed by atoms with Crippen molar-refractivity contribution >= 4 is 11.8 Å². The number of hydrogen-bond donors (Lipinski definition) is 1. The molecule has 0 atom stereocenters. The van der Waals surface area contributed by atoms with Crippen molar-refractivity contribution in [3.05, 3.63) is 65.2 Å². The van der Waals surface area contributed by atoms with Crippen LogP contribution in [0, 0.1) is 0 Å². The van der Waals surface area contributed by atoms with E-state index >= 15 is 0 Å².